The van der Waals surface area contributed by atoms with Crippen LogP contribution in [0.15, 0.2) is 48.5 Å². The van der Waals surface area contributed by atoms with E-state index in [0.29, 0.717) is 18.5 Å². The summed E-state index contributed by atoms with van der Waals surface area (Å²) in [5, 5.41) is 2.50. The van der Waals surface area contributed by atoms with Crippen molar-refractivity contribution in [1.29, 1.82) is 0 Å². The Bertz CT molecular complexity index is 867. The van der Waals surface area contributed by atoms with Gasteiger partial charge in [0, 0.05) is 30.8 Å². The number of esters is 1. The number of carbonyl (C=O) groups excluding carboxylic acids is 3. The fraction of sp³-hybridized carbons (Fsp3) is 0.286. The van der Waals surface area contributed by atoms with E-state index in [-0.39, 0.29) is 18.0 Å². The number of ether oxygens (including phenoxy) is 1. The first kappa shape index (κ1) is 19.5. The molecule has 1 aliphatic rings. The van der Waals surface area contributed by atoms with Crippen molar-refractivity contribution in [3.8, 4) is 0 Å². The largest absolute Gasteiger partial charge is 0.452 e. The summed E-state index contributed by atoms with van der Waals surface area (Å²) in [5.74, 6) is -1.50. The second kappa shape index (κ2) is 9.12. The predicted molar refractivity (Wildman–Crippen MR) is 101 cm³/mol. The molecule has 2 aromatic carbocycles. The van der Waals surface area contributed by atoms with Crippen molar-refractivity contribution in [3.63, 3.8) is 0 Å². The maximum Gasteiger partial charge on any atom is 0.338 e. The van der Waals surface area contributed by atoms with Crippen LogP contribution in [-0.4, -0.2) is 30.9 Å². The molecule has 146 valence electrons. The minimum atomic E-state index is -0.641. The number of benzene rings is 2. The number of piperidine rings is 1. The van der Waals surface area contributed by atoms with E-state index in [0.717, 1.165) is 18.5 Å². The van der Waals surface area contributed by atoms with Gasteiger partial charge in [0.2, 0.25) is 5.91 Å². The van der Waals surface area contributed by atoms with E-state index >= 15 is 0 Å². The van der Waals surface area contributed by atoms with Crippen molar-refractivity contribution in [3.05, 3.63) is 65.5 Å². The number of halogens is 1. The molecule has 1 fully saturated rings. The standard InChI is InChI=1S/C21H21FN2O4/c22-18-6-2-1-5-16(18)13-23-19(25)14-28-21(27)15-8-10-17(11-9-15)24-12-4-3-7-20(24)26/h1-2,5-6,8-11H,3-4,7,12-14H2,(H,23,25). The number of anilines is 1. The van der Waals surface area contributed by atoms with E-state index in [2.05, 4.69) is 5.32 Å². The number of nitrogens with zero attached hydrogens (tertiary/aromatic N) is 1. The van der Waals surface area contributed by atoms with Crippen LogP contribution in [0.3, 0.4) is 0 Å². The molecule has 2 aromatic rings. The molecule has 3 rings (SSSR count). The van der Waals surface area contributed by atoms with Crippen LogP contribution in [0, 0.1) is 5.82 Å². The number of rotatable bonds is 6. The maximum absolute atomic E-state index is 13.5. The van der Waals surface area contributed by atoms with Gasteiger partial charge in [-0.25, -0.2) is 9.18 Å². The van der Waals surface area contributed by atoms with E-state index in [1.807, 2.05) is 0 Å². The number of hydrogen-bond acceptors (Lipinski definition) is 4. The molecule has 0 radical (unpaired) electrons. The lowest BCUT2D eigenvalue weighted by Gasteiger charge is -2.26. The first-order chi connectivity index (χ1) is 13.5. The van der Waals surface area contributed by atoms with E-state index < -0.39 is 24.3 Å². The molecule has 1 N–H and O–H groups in total. The summed E-state index contributed by atoms with van der Waals surface area (Å²) in [6.07, 6.45) is 2.39. The minimum absolute atomic E-state index is 0.0155. The van der Waals surface area contributed by atoms with Gasteiger partial charge in [-0.15, -0.1) is 0 Å². The average molecular weight is 384 g/mol. The van der Waals surface area contributed by atoms with Gasteiger partial charge in [-0.3, -0.25) is 9.59 Å². The van der Waals surface area contributed by atoms with Gasteiger partial charge in [-0.2, -0.15) is 0 Å². The van der Waals surface area contributed by atoms with Crippen molar-refractivity contribution in [2.45, 2.75) is 25.8 Å². The molecule has 6 nitrogen and oxygen atoms in total. The molecule has 0 aliphatic carbocycles. The molecule has 0 unspecified atom stereocenters. The molecule has 0 saturated carbocycles. The van der Waals surface area contributed by atoms with Crippen molar-refractivity contribution in [2.24, 2.45) is 0 Å². The van der Waals surface area contributed by atoms with Crippen LogP contribution < -0.4 is 10.2 Å². The lowest BCUT2D eigenvalue weighted by atomic mass is 10.1. The van der Waals surface area contributed by atoms with Gasteiger partial charge < -0.3 is 15.0 Å². The fourth-order valence-electron chi connectivity index (χ4n) is 2.96. The Kier molecular flexibility index (Phi) is 6.37. The molecule has 7 heteroatoms. The van der Waals surface area contributed by atoms with Crippen LogP contribution in [0.1, 0.15) is 35.2 Å². The summed E-state index contributed by atoms with van der Waals surface area (Å²) in [7, 11) is 0. The van der Waals surface area contributed by atoms with Crippen LogP contribution in [0.5, 0.6) is 0 Å². The second-order valence-electron chi connectivity index (χ2n) is 6.49. The van der Waals surface area contributed by atoms with Crippen molar-refractivity contribution in [2.75, 3.05) is 18.1 Å². The summed E-state index contributed by atoms with van der Waals surface area (Å²) in [6, 6.07) is 12.6. The third-order valence-corrected chi connectivity index (χ3v) is 4.51. The first-order valence-electron chi connectivity index (χ1n) is 9.12. The van der Waals surface area contributed by atoms with Gasteiger partial charge in [-0.1, -0.05) is 18.2 Å². The van der Waals surface area contributed by atoms with Crippen LogP contribution >= 0.6 is 0 Å². The van der Waals surface area contributed by atoms with Gasteiger partial charge in [0.25, 0.3) is 5.91 Å². The molecular weight excluding hydrogens is 363 g/mol. The van der Waals surface area contributed by atoms with E-state index in [1.165, 1.54) is 6.07 Å². The van der Waals surface area contributed by atoms with Crippen molar-refractivity contribution in [1.82, 2.24) is 5.32 Å². The maximum atomic E-state index is 13.5. The highest BCUT2D eigenvalue weighted by atomic mass is 19.1. The van der Waals surface area contributed by atoms with E-state index in [9.17, 15) is 18.8 Å². The molecule has 28 heavy (non-hydrogen) atoms. The van der Waals surface area contributed by atoms with Gasteiger partial charge in [0.1, 0.15) is 5.82 Å². The third kappa shape index (κ3) is 4.94. The molecule has 1 aliphatic heterocycles. The Morgan fingerprint density at radius 3 is 2.54 bits per heavy atom. The highest BCUT2D eigenvalue weighted by Gasteiger charge is 2.20. The smallest absolute Gasteiger partial charge is 0.338 e. The zero-order chi connectivity index (χ0) is 19.9. The molecule has 0 atom stereocenters. The van der Waals surface area contributed by atoms with Crippen LogP contribution in [0.25, 0.3) is 0 Å². The Balaban J connectivity index is 1.48. The normalized spacial score (nSPS) is 13.9. The molecular formula is C21H21FN2O4. The summed E-state index contributed by atoms with van der Waals surface area (Å²) >= 11 is 0. The van der Waals surface area contributed by atoms with Crippen LogP contribution in [0.2, 0.25) is 0 Å². The predicted octanol–water partition coefficient (Wildman–Crippen LogP) is 2.82. The Morgan fingerprint density at radius 2 is 1.82 bits per heavy atom. The fourth-order valence-corrected chi connectivity index (χ4v) is 2.96. The van der Waals surface area contributed by atoms with Crippen LogP contribution in [-0.2, 0) is 20.9 Å². The molecule has 0 bridgehead atoms. The molecule has 2 amide bonds. The van der Waals surface area contributed by atoms with Crippen molar-refractivity contribution >= 4 is 23.5 Å². The monoisotopic (exact) mass is 384 g/mol. The quantitative estimate of drug-likeness (QED) is 0.777. The molecule has 1 saturated heterocycles. The topological polar surface area (TPSA) is 75.7 Å². The molecule has 0 spiro atoms. The van der Waals surface area contributed by atoms with Gasteiger partial charge in [-0.05, 0) is 43.2 Å². The van der Waals surface area contributed by atoms with E-state index in [1.54, 1.807) is 47.4 Å². The zero-order valence-electron chi connectivity index (χ0n) is 15.3. The van der Waals surface area contributed by atoms with Crippen LogP contribution in [0.4, 0.5) is 10.1 Å². The molecule has 0 aromatic heterocycles. The second-order valence-corrected chi connectivity index (χ2v) is 6.49. The van der Waals surface area contributed by atoms with Crippen molar-refractivity contribution < 1.29 is 23.5 Å². The SMILES string of the molecule is O=C(COC(=O)c1ccc(N2CCCCC2=O)cc1)NCc1ccccc1F. The number of hydrogen-bond donors (Lipinski definition) is 1. The number of nitrogens with one attached hydrogen (secondary N) is 1. The first-order valence-corrected chi connectivity index (χ1v) is 9.12. The third-order valence-electron chi connectivity index (χ3n) is 4.51. The average Bonchev–Trinajstić information content (AvgIpc) is 2.72. The zero-order valence-corrected chi connectivity index (χ0v) is 15.3. The van der Waals surface area contributed by atoms with Gasteiger partial charge >= 0.3 is 5.97 Å². The highest BCUT2D eigenvalue weighted by Crippen LogP contribution is 2.21. The lowest BCUT2D eigenvalue weighted by Crippen LogP contribution is -2.35. The Hall–Kier alpha value is -3.22. The summed E-state index contributed by atoms with van der Waals surface area (Å²) in [4.78, 5) is 37.5. The van der Waals surface area contributed by atoms with Gasteiger partial charge in [0.05, 0.1) is 5.56 Å². The minimum Gasteiger partial charge on any atom is -0.452 e. The summed E-state index contributed by atoms with van der Waals surface area (Å²) in [6.45, 7) is 0.228. The van der Waals surface area contributed by atoms with Gasteiger partial charge in [0.15, 0.2) is 6.61 Å². The lowest BCUT2D eigenvalue weighted by molar-refractivity contribution is -0.124. The Morgan fingerprint density at radius 1 is 1.07 bits per heavy atom. The summed E-state index contributed by atoms with van der Waals surface area (Å²) < 4.78 is 18.5. The van der Waals surface area contributed by atoms with E-state index in [4.69, 9.17) is 4.74 Å². The number of carbonyl (C=O) groups is 3. The molecule has 1 heterocycles. The number of amides is 2. The summed E-state index contributed by atoms with van der Waals surface area (Å²) in [5.41, 5.74) is 1.38. The Labute approximate surface area is 162 Å². The highest BCUT2D eigenvalue weighted by molar-refractivity contribution is 5.95.